The summed E-state index contributed by atoms with van der Waals surface area (Å²) in [4.78, 5) is 32.2. The number of hydrogen-bond acceptors (Lipinski definition) is 4. The van der Waals surface area contributed by atoms with Gasteiger partial charge in [-0.3, -0.25) is 14.5 Å². The number of anilines is 2. The summed E-state index contributed by atoms with van der Waals surface area (Å²) >= 11 is 0. The molecule has 2 aliphatic rings. The van der Waals surface area contributed by atoms with Gasteiger partial charge in [-0.1, -0.05) is 30.7 Å². The highest BCUT2D eigenvalue weighted by molar-refractivity contribution is 6.12. The van der Waals surface area contributed by atoms with E-state index >= 15 is 0 Å². The lowest BCUT2D eigenvalue weighted by atomic mass is 9.93. The monoisotopic (exact) mass is 376 g/mol. The number of carbonyl (C=O) groups excluding carboxylic acids is 2. The minimum atomic E-state index is -0.666. The molecule has 1 atom stereocenters. The molecule has 3 N–H and O–H groups in total. The van der Waals surface area contributed by atoms with Crippen LogP contribution in [-0.4, -0.2) is 22.8 Å². The van der Waals surface area contributed by atoms with Gasteiger partial charge < -0.3 is 11.1 Å². The van der Waals surface area contributed by atoms with Crippen LogP contribution >= 0.6 is 0 Å². The summed E-state index contributed by atoms with van der Waals surface area (Å²) in [5.74, 6) is -0.0263. The first-order valence-corrected chi connectivity index (χ1v) is 9.76. The van der Waals surface area contributed by atoms with Gasteiger partial charge in [0.05, 0.1) is 5.70 Å². The number of aromatic nitrogens is 1. The molecule has 0 radical (unpaired) electrons. The summed E-state index contributed by atoms with van der Waals surface area (Å²) in [7, 11) is 0. The van der Waals surface area contributed by atoms with Crippen LogP contribution in [0.3, 0.4) is 0 Å². The highest BCUT2D eigenvalue weighted by Gasteiger charge is 2.40. The minimum absolute atomic E-state index is 0.237. The standard InChI is InChI=1S/C22H24N4O2/c23-19(15-8-3-1-4-9-15)22(28)26-18(14-16-10-7-13-24-20(16)26)21(27)25-17-11-5-2-6-12-17/h2,5-7,10-13,18H,1,3-4,8-9,14,23H2,(H,25,27)/t18-/m0/s1. The van der Waals surface area contributed by atoms with Crippen molar-refractivity contribution < 1.29 is 9.59 Å². The largest absolute Gasteiger partial charge is 0.394 e. The molecule has 1 saturated carbocycles. The molecule has 1 aromatic carbocycles. The molecule has 6 nitrogen and oxygen atoms in total. The van der Waals surface area contributed by atoms with Crippen LogP contribution in [-0.2, 0) is 16.0 Å². The van der Waals surface area contributed by atoms with Crippen LogP contribution in [0.1, 0.15) is 37.7 Å². The molecular weight excluding hydrogens is 352 g/mol. The zero-order chi connectivity index (χ0) is 19.5. The van der Waals surface area contributed by atoms with Crippen molar-refractivity contribution in [2.24, 2.45) is 5.73 Å². The molecule has 144 valence electrons. The number of fused-ring (bicyclic) bond motifs is 1. The molecule has 4 rings (SSSR count). The number of nitrogens with two attached hydrogens (primary N) is 1. The third kappa shape index (κ3) is 3.50. The number of rotatable bonds is 3. The quantitative estimate of drug-likeness (QED) is 0.806. The van der Waals surface area contributed by atoms with Gasteiger partial charge in [0.1, 0.15) is 11.9 Å². The summed E-state index contributed by atoms with van der Waals surface area (Å²) in [6.45, 7) is 0. The lowest BCUT2D eigenvalue weighted by Gasteiger charge is -2.26. The van der Waals surface area contributed by atoms with Crippen LogP contribution in [0.2, 0.25) is 0 Å². The second-order valence-electron chi connectivity index (χ2n) is 7.31. The number of pyridine rings is 1. The van der Waals surface area contributed by atoms with E-state index in [2.05, 4.69) is 10.3 Å². The first-order valence-electron chi connectivity index (χ1n) is 9.76. The molecule has 2 amide bonds. The molecule has 0 spiro atoms. The molecule has 0 unspecified atom stereocenters. The Labute approximate surface area is 164 Å². The minimum Gasteiger partial charge on any atom is -0.394 e. The van der Waals surface area contributed by atoms with E-state index in [9.17, 15) is 9.59 Å². The fraction of sp³-hybridized carbons (Fsp3) is 0.318. The van der Waals surface area contributed by atoms with E-state index in [-0.39, 0.29) is 17.5 Å². The van der Waals surface area contributed by atoms with Crippen molar-refractivity contribution in [3.8, 4) is 0 Å². The molecule has 0 saturated heterocycles. The number of hydrogen-bond donors (Lipinski definition) is 2. The molecule has 1 fully saturated rings. The van der Waals surface area contributed by atoms with E-state index in [1.165, 1.54) is 11.3 Å². The van der Waals surface area contributed by atoms with Gasteiger partial charge in [0.2, 0.25) is 5.91 Å². The summed E-state index contributed by atoms with van der Waals surface area (Å²) < 4.78 is 0. The number of benzene rings is 1. The molecule has 1 aromatic heterocycles. The Bertz CT molecular complexity index is 915. The third-order valence-corrected chi connectivity index (χ3v) is 5.45. The molecule has 28 heavy (non-hydrogen) atoms. The van der Waals surface area contributed by atoms with Crippen molar-refractivity contribution in [3.05, 3.63) is 65.5 Å². The normalized spacial score (nSPS) is 18.5. The topological polar surface area (TPSA) is 88.3 Å². The summed E-state index contributed by atoms with van der Waals surface area (Å²) in [5.41, 5.74) is 9.13. The fourth-order valence-corrected chi connectivity index (χ4v) is 3.98. The number of nitrogens with zero attached hydrogens (tertiary/aromatic N) is 2. The number of para-hydroxylation sites is 1. The Kier molecular flexibility index (Phi) is 5.10. The summed E-state index contributed by atoms with van der Waals surface area (Å²) in [6.07, 6.45) is 7.03. The first-order chi connectivity index (χ1) is 13.6. The molecule has 6 heteroatoms. The van der Waals surface area contributed by atoms with Gasteiger partial charge in [-0.2, -0.15) is 0 Å². The second kappa shape index (κ2) is 7.84. The van der Waals surface area contributed by atoms with E-state index in [4.69, 9.17) is 5.73 Å². The van der Waals surface area contributed by atoms with Crippen LogP contribution in [0, 0.1) is 0 Å². The predicted octanol–water partition coefficient (Wildman–Crippen LogP) is 3.15. The number of nitrogens with one attached hydrogen (secondary N) is 1. The average molecular weight is 376 g/mol. The Morgan fingerprint density at radius 2 is 1.79 bits per heavy atom. The van der Waals surface area contributed by atoms with Crippen LogP contribution in [0.5, 0.6) is 0 Å². The molecule has 1 aliphatic carbocycles. The number of amides is 2. The van der Waals surface area contributed by atoms with Gasteiger partial charge in [0.15, 0.2) is 0 Å². The molecule has 1 aliphatic heterocycles. The molecule has 0 bridgehead atoms. The van der Waals surface area contributed by atoms with Crippen LogP contribution in [0.4, 0.5) is 11.5 Å². The number of allylic oxidation sites excluding steroid dienone is 1. The van der Waals surface area contributed by atoms with E-state index in [1.807, 2.05) is 42.5 Å². The Morgan fingerprint density at radius 1 is 1.04 bits per heavy atom. The SMILES string of the molecule is NC(C(=O)N1c2ncccc2C[C@H]1C(=O)Nc1ccccc1)=C1CCCCC1. The van der Waals surface area contributed by atoms with Crippen LogP contribution in [0.15, 0.2) is 59.9 Å². The lowest BCUT2D eigenvalue weighted by molar-refractivity contribution is -0.121. The third-order valence-electron chi connectivity index (χ3n) is 5.45. The summed E-state index contributed by atoms with van der Waals surface area (Å²) in [5, 5.41) is 2.90. The van der Waals surface area contributed by atoms with Gasteiger partial charge in [0.25, 0.3) is 5.91 Å². The van der Waals surface area contributed by atoms with Gasteiger partial charge in [-0.15, -0.1) is 0 Å². The van der Waals surface area contributed by atoms with Gasteiger partial charge in [-0.05, 0) is 55.0 Å². The molecule has 2 heterocycles. The van der Waals surface area contributed by atoms with Crippen molar-refractivity contribution in [1.82, 2.24) is 4.98 Å². The van der Waals surface area contributed by atoms with Gasteiger partial charge >= 0.3 is 0 Å². The van der Waals surface area contributed by atoms with Crippen LogP contribution in [0.25, 0.3) is 0 Å². The number of carbonyl (C=O) groups is 2. The Balaban J connectivity index is 1.64. The fourth-order valence-electron chi connectivity index (χ4n) is 3.98. The highest BCUT2D eigenvalue weighted by Crippen LogP contribution is 2.33. The van der Waals surface area contributed by atoms with E-state index in [0.717, 1.165) is 36.8 Å². The van der Waals surface area contributed by atoms with E-state index < -0.39 is 6.04 Å². The molecular formula is C22H24N4O2. The predicted molar refractivity (Wildman–Crippen MR) is 109 cm³/mol. The first kappa shape index (κ1) is 18.2. The second-order valence-corrected chi connectivity index (χ2v) is 7.31. The zero-order valence-corrected chi connectivity index (χ0v) is 15.7. The van der Waals surface area contributed by atoms with Crippen molar-refractivity contribution in [1.29, 1.82) is 0 Å². The average Bonchev–Trinajstić information content (AvgIpc) is 3.14. The zero-order valence-electron chi connectivity index (χ0n) is 15.7. The van der Waals surface area contributed by atoms with Crippen molar-refractivity contribution >= 4 is 23.3 Å². The smallest absolute Gasteiger partial charge is 0.276 e. The molecule has 2 aromatic rings. The lowest BCUT2D eigenvalue weighted by Crippen LogP contribution is -2.47. The Hall–Kier alpha value is -3.15. The van der Waals surface area contributed by atoms with Gasteiger partial charge in [-0.25, -0.2) is 4.98 Å². The maximum atomic E-state index is 13.3. The van der Waals surface area contributed by atoms with E-state index in [1.54, 1.807) is 6.20 Å². The van der Waals surface area contributed by atoms with Gasteiger partial charge in [0, 0.05) is 18.3 Å². The van der Waals surface area contributed by atoms with Crippen LogP contribution < -0.4 is 16.0 Å². The van der Waals surface area contributed by atoms with Crippen molar-refractivity contribution in [2.45, 2.75) is 44.6 Å². The van der Waals surface area contributed by atoms with Crippen molar-refractivity contribution in [2.75, 3.05) is 10.2 Å². The van der Waals surface area contributed by atoms with E-state index in [0.29, 0.717) is 17.9 Å². The Morgan fingerprint density at radius 3 is 2.54 bits per heavy atom. The highest BCUT2D eigenvalue weighted by atomic mass is 16.2. The summed E-state index contributed by atoms with van der Waals surface area (Å²) in [6, 6.07) is 12.3. The maximum Gasteiger partial charge on any atom is 0.276 e. The maximum absolute atomic E-state index is 13.3. The van der Waals surface area contributed by atoms with Crippen molar-refractivity contribution in [3.63, 3.8) is 0 Å².